The number of ether oxygens (including phenoxy) is 1. The number of benzene rings is 2. The fraction of sp³-hybridized carbons (Fsp3) is 0.292. The van der Waals surface area contributed by atoms with Crippen LogP contribution in [0.4, 0.5) is 11.5 Å². The monoisotopic (exact) mass is 433 g/mol. The Morgan fingerprint density at radius 2 is 1.87 bits per heavy atom. The summed E-state index contributed by atoms with van der Waals surface area (Å²) in [6.45, 7) is 2.09. The molecular weight excluding hydrogens is 410 g/mol. The summed E-state index contributed by atoms with van der Waals surface area (Å²) in [5.41, 5.74) is 5.61. The zero-order valence-corrected chi connectivity index (χ0v) is 18.4. The summed E-state index contributed by atoms with van der Waals surface area (Å²) < 4.78 is 7.12. The van der Waals surface area contributed by atoms with Crippen LogP contribution in [-0.2, 0) is 19.3 Å². The van der Waals surface area contributed by atoms with Crippen LogP contribution in [0.15, 0.2) is 42.5 Å². The van der Waals surface area contributed by atoms with E-state index >= 15 is 0 Å². The molecule has 0 bridgehead atoms. The van der Waals surface area contributed by atoms with Crippen molar-refractivity contribution in [3.05, 3.63) is 75.7 Å². The second-order valence-corrected chi connectivity index (χ2v) is 8.38. The summed E-state index contributed by atoms with van der Waals surface area (Å²) in [6.07, 6.45) is 4.89. The first kappa shape index (κ1) is 19.8. The van der Waals surface area contributed by atoms with Gasteiger partial charge in [0.1, 0.15) is 11.6 Å². The van der Waals surface area contributed by atoms with Gasteiger partial charge in [0, 0.05) is 17.7 Å². The molecule has 2 heterocycles. The fourth-order valence-corrected chi connectivity index (χ4v) is 4.31. The lowest BCUT2D eigenvalue weighted by atomic mass is 9.96. The number of halogens is 1. The maximum atomic E-state index is 6.35. The quantitative estimate of drug-likeness (QED) is 0.462. The summed E-state index contributed by atoms with van der Waals surface area (Å²) in [5.74, 6) is 2.96. The molecule has 0 saturated heterocycles. The van der Waals surface area contributed by atoms with Gasteiger partial charge in [-0.1, -0.05) is 41.4 Å². The number of nitrogens with zero attached hydrogens (tertiary/aromatic N) is 4. The van der Waals surface area contributed by atoms with E-state index in [0.717, 1.165) is 48.7 Å². The Morgan fingerprint density at radius 1 is 1.06 bits per heavy atom. The van der Waals surface area contributed by atoms with Crippen LogP contribution in [-0.4, -0.2) is 26.7 Å². The lowest BCUT2D eigenvalue weighted by Gasteiger charge is -2.20. The van der Waals surface area contributed by atoms with Crippen molar-refractivity contribution < 1.29 is 4.74 Å². The van der Waals surface area contributed by atoms with Gasteiger partial charge in [0.05, 0.1) is 17.8 Å². The molecule has 0 aliphatic heterocycles. The molecule has 0 amide bonds. The molecule has 0 radical (unpaired) electrons. The summed E-state index contributed by atoms with van der Waals surface area (Å²) in [5, 5.41) is 8.91. The van der Waals surface area contributed by atoms with Gasteiger partial charge in [-0.3, -0.25) is 0 Å². The second-order valence-electron chi connectivity index (χ2n) is 7.97. The van der Waals surface area contributed by atoms with Crippen molar-refractivity contribution in [3.8, 4) is 5.75 Å². The minimum atomic E-state index is 0.560. The van der Waals surface area contributed by atoms with Crippen LogP contribution in [0.2, 0.25) is 5.02 Å². The normalized spacial score (nSPS) is 13.3. The van der Waals surface area contributed by atoms with Crippen LogP contribution in [0, 0.1) is 6.92 Å². The zero-order valence-electron chi connectivity index (χ0n) is 17.7. The molecule has 0 atom stereocenters. The summed E-state index contributed by atoms with van der Waals surface area (Å²) in [6, 6.07) is 14.2. The van der Waals surface area contributed by atoms with E-state index in [1.54, 1.807) is 7.11 Å². The van der Waals surface area contributed by atoms with E-state index in [1.807, 2.05) is 22.7 Å². The van der Waals surface area contributed by atoms with Gasteiger partial charge in [0.2, 0.25) is 0 Å². The van der Waals surface area contributed by atoms with Crippen LogP contribution in [0.5, 0.6) is 5.75 Å². The van der Waals surface area contributed by atoms with Gasteiger partial charge < -0.3 is 10.1 Å². The smallest absolute Gasteiger partial charge is 0.254 e. The molecule has 1 aliphatic rings. The van der Waals surface area contributed by atoms with Crippen molar-refractivity contribution in [3.63, 3.8) is 0 Å². The molecular formula is C24H24ClN5O. The lowest BCUT2D eigenvalue weighted by molar-refractivity contribution is 0.415. The highest BCUT2D eigenvalue weighted by Gasteiger charge is 2.21. The average Bonchev–Trinajstić information content (AvgIpc) is 3.17. The minimum Gasteiger partial charge on any atom is -0.495 e. The first-order chi connectivity index (χ1) is 15.1. The van der Waals surface area contributed by atoms with Crippen LogP contribution in [0.25, 0.3) is 5.78 Å². The maximum Gasteiger partial charge on any atom is 0.254 e. The molecule has 1 aliphatic carbocycles. The average molecular weight is 434 g/mol. The zero-order chi connectivity index (χ0) is 21.4. The molecule has 158 valence electrons. The predicted molar refractivity (Wildman–Crippen MR) is 123 cm³/mol. The summed E-state index contributed by atoms with van der Waals surface area (Å²) >= 11 is 6.35. The number of aromatic nitrogens is 4. The first-order valence-electron chi connectivity index (χ1n) is 10.5. The standard InChI is InChI=1S/C24H24ClN5O/c1-15-7-9-16(10-8-15)13-22-28-24-27-20-6-4-3-5-18(20)23(30(24)29-22)26-17-11-12-21(31-2)19(25)14-17/h7-12,14,26H,3-6,13H2,1-2H3. The minimum absolute atomic E-state index is 0.560. The molecule has 2 aromatic heterocycles. The molecule has 0 unspecified atom stereocenters. The summed E-state index contributed by atoms with van der Waals surface area (Å²) in [4.78, 5) is 9.58. The SMILES string of the molecule is COc1ccc(Nc2c3c(nc4nc(Cc5ccc(C)cc5)nn24)CCCC3)cc1Cl. The van der Waals surface area contributed by atoms with E-state index in [2.05, 4.69) is 36.5 Å². The highest BCUT2D eigenvalue weighted by Crippen LogP contribution is 2.32. The number of nitrogens with one attached hydrogen (secondary N) is 1. The number of fused-ring (bicyclic) bond motifs is 2. The van der Waals surface area contributed by atoms with E-state index in [4.69, 9.17) is 31.4 Å². The van der Waals surface area contributed by atoms with E-state index in [1.165, 1.54) is 16.7 Å². The fourth-order valence-electron chi connectivity index (χ4n) is 4.06. The lowest BCUT2D eigenvalue weighted by Crippen LogP contribution is -2.13. The molecule has 0 saturated carbocycles. The Hall–Kier alpha value is -3.12. The third kappa shape index (κ3) is 3.95. The van der Waals surface area contributed by atoms with E-state index in [9.17, 15) is 0 Å². The van der Waals surface area contributed by atoms with Crippen LogP contribution < -0.4 is 10.1 Å². The molecule has 0 fully saturated rings. The topological polar surface area (TPSA) is 64.3 Å². The number of aryl methyl sites for hydroxylation is 2. The first-order valence-corrected chi connectivity index (χ1v) is 10.9. The summed E-state index contributed by atoms with van der Waals surface area (Å²) in [7, 11) is 1.61. The van der Waals surface area contributed by atoms with E-state index in [0.29, 0.717) is 23.0 Å². The third-order valence-electron chi connectivity index (χ3n) is 5.70. The van der Waals surface area contributed by atoms with Crippen molar-refractivity contribution in [2.24, 2.45) is 0 Å². The number of anilines is 2. The van der Waals surface area contributed by atoms with Gasteiger partial charge in [-0.2, -0.15) is 9.50 Å². The Labute approximate surface area is 186 Å². The van der Waals surface area contributed by atoms with Crippen molar-refractivity contribution in [1.29, 1.82) is 0 Å². The number of rotatable bonds is 5. The van der Waals surface area contributed by atoms with Crippen LogP contribution in [0.3, 0.4) is 0 Å². The van der Waals surface area contributed by atoms with Gasteiger partial charge in [-0.25, -0.2) is 4.98 Å². The molecule has 4 aromatic rings. The predicted octanol–water partition coefficient (Wildman–Crippen LogP) is 5.31. The Kier molecular flexibility index (Phi) is 5.24. The van der Waals surface area contributed by atoms with Gasteiger partial charge in [-0.15, -0.1) is 5.10 Å². The second kappa shape index (κ2) is 8.19. The highest BCUT2D eigenvalue weighted by atomic mass is 35.5. The third-order valence-corrected chi connectivity index (χ3v) is 6.00. The Balaban J connectivity index is 1.57. The Bertz CT molecular complexity index is 1250. The van der Waals surface area contributed by atoms with Gasteiger partial charge >= 0.3 is 0 Å². The molecule has 0 spiro atoms. The maximum absolute atomic E-state index is 6.35. The van der Waals surface area contributed by atoms with Crippen molar-refractivity contribution in [2.45, 2.75) is 39.0 Å². The largest absolute Gasteiger partial charge is 0.495 e. The van der Waals surface area contributed by atoms with Gasteiger partial charge in [0.15, 0.2) is 5.82 Å². The van der Waals surface area contributed by atoms with E-state index in [-0.39, 0.29) is 0 Å². The van der Waals surface area contributed by atoms with Crippen molar-refractivity contribution in [1.82, 2.24) is 19.6 Å². The number of hydrogen-bond acceptors (Lipinski definition) is 5. The van der Waals surface area contributed by atoms with Crippen molar-refractivity contribution >= 4 is 28.9 Å². The van der Waals surface area contributed by atoms with Crippen LogP contribution in [0.1, 0.15) is 41.1 Å². The molecule has 6 nitrogen and oxygen atoms in total. The van der Waals surface area contributed by atoms with Gasteiger partial charge in [-0.05, 0) is 56.4 Å². The molecule has 5 rings (SSSR count). The van der Waals surface area contributed by atoms with E-state index < -0.39 is 0 Å². The molecule has 7 heteroatoms. The molecule has 2 aromatic carbocycles. The van der Waals surface area contributed by atoms with Gasteiger partial charge in [0.25, 0.3) is 5.78 Å². The number of hydrogen-bond donors (Lipinski definition) is 1. The van der Waals surface area contributed by atoms with Crippen molar-refractivity contribution in [2.75, 3.05) is 12.4 Å². The molecule has 31 heavy (non-hydrogen) atoms. The molecule has 1 N–H and O–H groups in total. The highest BCUT2D eigenvalue weighted by molar-refractivity contribution is 6.32. The van der Waals surface area contributed by atoms with Crippen LogP contribution >= 0.6 is 11.6 Å². The Morgan fingerprint density at radius 3 is 2.65 bits per heavy atom. The number of methoxy groups -OCH3 is 1.